The van der Waals surface area contributed by atoms with Crippen molar-refractivity contribution in [3.05, 3.63) is 28.2 Å². The Morgan fingerprint density at radius 2 is 1.95 bits per heavy atom. The van der Waals surface area contributed by atoms with Crippen LogP contribution in [0.15, 0.2) is 23.1 Å². The minimum absolute atomic E-state index is 0.0258. The van der Waals surface area contributed by atoms with Gasteiger partial charge in [-0.1, -0.05) is 43.1 Å². The normalized spacial score (nSPS) is 12.1. The highest BCUT2D eigenvalue weighted by atomic mass is 35.5. The second-order valence-corrected chi connectivity index (χ2v) is 7.33. The van der Waals surface area contributed by atoms with Gasteiger partial charge < -0.3 is 5.11 Å². The maximum atomic E-state index is 12.5. The standard InChI is InChI=1S/C12H15Cl2NO4S/c1-8(2)6-15(7-11(16)17)20(18,19)10-5-3-4-9(13)12(10)14/h3-5,8H,6-7H2,1-2H3,(H,16,17). The van der Waals surface area contributed by atoms with E-state index < -0.39 is 22.5 Å². The molecule has 0 radical (unpaired) electrons. The van der Waals surface area contributed by atoms with Crippen LogP contribution < -0.4 is 0 Å². The number of aliphatic carboxylic acids is 1. The number of nitrogens with zero attached hydrogens (tertiary/aromatic N) is 1. The van der Waals surface area contributed by atoms with Crippen molar-refractivity contribution in [3.8, 4) is 0 Å². The molecule has 0 amide bonds. The van der Waals surface area contributed by atoms with Gasteiger partial charge in [-0.05, 0) is 18.1 Å². The summed E-state index contributed by atoms with van der Waals surface area (Å²) in [6, 6.07) is 4.22. The average molecular weight is 340 g/mol. The lowest BCUT2D eigenvalue weighted by atomic mass is 10.2. The SMILES string of the molecule is CC(C)CN(CC(=O)O)S(=O)(=O)c1cccc(Cl)c1Cl. The highest BCUT2D eigenvalue weighted by Crippen LogP contribution is 2.31. The lowest BCUT2D eigenvalue weighted by Gasteiger charge is -2.22. The zero-order valence-electron chi connectivity index (χ0n) is 11.0. The molecule has 0 heterocycles. The molecule has 1 rings (SSSR count). The van der Waals surface area contributed by atoms with Crippen molar-refractivity contribution in [2.45, 2.75) is 18.7 Å². The molecule has 0 spiro atoms. The number of hydrogen-bond donors (Lipinski definition) is 1. The zero-order valence-corrected chi connectivity index (χ0v) is 13.3. The molecule has 0 fully saturated rings. The second-order valence-electron chi connectivity index (χ2n) is 4.64. The maximum Gasteiger partial charge on any atom is 0.318 e. The van der Waals surface area contributed by atoms with Crippen LogP contribution in [0.1, 0.15) is 13.8 Å². The maximum absolute atomic E-state index is 12.5. The Labute approximate surface area is 128 Å². The van der Waals surface area contributed by atoms with Crippen molar-refractivity contribution in [2.75, 3.05) is 13.1 Å². The first-order valence-corrected chi connectivity index (χ1v) is 8.01. The fraction of sp³-hybridized carbons (Fsp3) is 0.417. The van der Waals surface area contributed by atoms with Gasteiger partial charge in [-0.25, -0.2) is 8.42 Å². The van der Waals surface area contributed by atoms with Gasteiger partial charge in [0, 0.05) is 6.54 Å². The van der Waals surface area contributed by atoms with Crippen molar-refractivity contribution in [3.63, 3.8) is 0 Å². The van der Waals surface area contributed by atoms with E-state index in [4.69, 9.17) is 28.3 Å². The van der Waals surface area contributed by atoms with E-state index in [0.29, 0.717) is 0 Å². The number of benzene rings is 1. The summed E-state index contributed by atoms with van der Waals surface area (Å²) in [5.74, 6) is -1.26. The fourth-order valence-electron chi connectivity index (χ4n) is 1.63. The first-order chi connectivity index (χ1) is 9.16. The van der Waals surface area contributed by atoms with E-state index in [-0.39, 0.29) is 27.4 Å². The van der Waals surface area contributed by atoms with Crippen LogP contribution in [0.3, 0.4) is 0 Å². The number of carbonyl (C=O) groups is 1. The van der Waals surface area contributed by atoms with Crippen LogP contribution in [0.25, 0.3) is 0 Å². The molecule has 5 nitrogen and oxygen atoms in total. The largest absolute Gasteiger partial charge is 0.480 e. The van der Waals surface area contributed by atoms with Crippen molar-refractivity contribution >= 4 is 39.2 Å². The van der Waals surface area contributed by atoms with Gasteiger partial charge in [-0.15, -0.1) is 0 Å². The van der Waals surface area contributed by atoms with Gasteiger partial charge in [0.2, 0.25) is 10.0 Å². The van der Waals surface area contributed by atoms with E-state index >= 15 is 0 Å². The third-order valence-corrected chi connectivity index (χ3v) is 5.20. The summed E-state index contributed by atoms with van der Waals surface area (Å²) >= 11 is 11.7. The minimum atomic E-state index is -4.01. The molecule has 1 N–H and O–H groups in total. The molecule has 0 aliphatic heterocycles. The Hall–Kier alpha value is -0.820. The van der Waals surface area contributed by atoms with Crippen LogP contribution in [0.4, 0.5) is 0 Å². The monoisotopic (exact) mass is 339 g/mol. The number of rotatable bonds is 6. The highest BCUT2D eigenvalue weighted by molar-refractivity contribution is 7.89. The molecule has 20 heavy (non-hydrogen) atoms. The molecule has 0 atom stereocenters. The summed E-state index contributed by atoms with van der Waals surface area (Å²) < 4.78 is 25.9. The van der Waals surface area contributed by atoms with Crippen LogP contribution in [-0.2, 0) is 14.8 Å². The van der Waals surface area contributed by atoms with Crippen LogP contribution in [0, 0.1) is 5.92 Å². The molecule has 112 valence electrons. The molecule has 1 aromatic carbocycles. The smallest absolute Gasteiger partial charge is 0.318 e. The first kappa shape index (κ1) is 17.2. The van der Waals surface area contributed by atoms with E-state index in [1.54, 1.807) is 13.8 Å². The minimum Gasteiger partial charge on any atom is -0.480 e. The van der Waals surface area contributed by atoms with E-state index in [1.165, 1.54) is 18.2 Å². The van der Waals surface area contributed by atoms with E-state index in [2.05, 4.69) is 0 Å². The van der Waals surface area contributed by atoms with Crippen LogP contribution in [-0.4, -0.2) is 36.9 Å². The molecular formula is C12H15Cl2NO4S. The molecule has 0 aliphatic rings. The zero-order chi connectivity index (χ0) is 15.5. The van der Waals surface area contributed by atoms with Gasteiger partial charge in [-0.3, -0.25) is 4.79 Å². The van der Waals surface area contributed by atoms with Crippen molar-refractivity contribution in [1.82, 2.24) is 4.31 Å². The fourth-order valence-corrected chi connectivity index (χ4v) is 3.92. The Kier molecular flexibility index (Phi) is 5.82. The number of hydrogen-bond acceptors (Lipinski definition) is 3. The van der Waals surface area contributed by atoms with Gasteiger partial charge in [-0.2, -0.15) is 4.31 Å². The molecule has 1 aromatic rings. The molecule has 0 bridgehead atoms. The Balaban J connectivity index is 3.28. The van der Waals surface area contributed by atoms with Crippen molar-refractivity contribution in [2.24, 2.45) is 5.92 Å². The highest BCUT2D eigenvalue weighted by Gasteiger charge is 2.29. The van der Waals surface area contributed by atoms with Crippen LogP contribution >= 0.6 is 23.2 Å². The van der Waals surface area contributed by atoms with Crippen LogP contribution in [0.2, 0.25) is 10.0 Å². The van der Waals surface area contributed by atoms with Gasteiger partial charge in [0.25, 0.3) is 0 Å². The molecule has 0 aromatic heterocycles. The second kappa shape index (κ2) is 6.76. The van der Waals surface area contributed by atoms with Gasteiger partial charge in [0.1, 0.15) is 11.4 Å². The summed E-state index contributed by atoms with van der Waals surface area (Å²) in [6.45, 7) is 3.05. The number of halogens is 2. The summed E-state index contributed by atoms with van der Waals surface area (Å²) in [7, 11) is -4.01. The average Bonchev–Trinajstić information content (AvgIpc) is 2.30. The van der Waals surface area contributed by atoms with Gasteiger partial charge >= 0.3 is 5.97 Å². The molecular weight excluding hydrogens is 325 g/mol. The van der Waals surface area contributed by atoms with E-state index in [9.17, 15) is 13.2 Å². The third-order valence-electron chi connectivity index (χ3n) is 2.41. The third kappa shape index (κ3) is 4.09. The summed E-state index contributed by atoms with van der Waals surface area (Å²) in [4.78, 5) is 10.7. The molecule has 0 saturated heterocycles. The lowest BCUT2D eigenvalue weighted by molar-refractivity contribution is -0.137. The van der Waals surface area contributed by atoms with Gasteiger partial charge in [0.05, 0.1) is 10.0 Å². The first-order valence-electron chi connectivity index (χ1n) is 5.82. The predicted octanol–water partition coefficient (Wildman–Crippen LogP) is 2.72. The Morgan fingerprint density at radius 3 is 2.45 bits per heavy atom. The number of carboxylic acid groups (broad SMARTS) is 1. The van der Waals surface area contributed by atoms with Gasteiger partial charge in [0.15, 0.2) is 0 Å². The summed E-state index contributed by atoms with van der Waals surface area (Å²) in [6.07, 6.45) is 0. The van der Waals surface area contributed by atoms with Crippen LogP contribution in [0.5, 0.6) is 0 Å². The summed E-state index contributed by atoms with van der Waals surface area (Å²) in [5.41, 5.74) is 0. The molecule has 0 unspecified atom stereocenters. The molecule has 8 heteroatoms. The lowest BCUT2D eigenvalue weighted by Crippen LogP contribution is -2.38. The summed E-state index contributed by atoms with van der Waals surface area (Å²) in [5, 5.41) is 8.87. The Morgan fingerprint density at radius 1 is 1.35 bits per heavy atom. The van der Waals surface area contributed by atoms with E-state index in [0.717, 1.165) is 4.31 Å². The molecule has 0 aliphatic carbocycles. The quantitative estimate of drug-likeness (QED) is 0.864. The topological polar surface area (TPSA) is 74.7 Å². The van der Waals surface area contributed by atoms with Crippen molar-refractivity contribution in [1.29, 1.82) is 0 Å². The Bertz CT molecular complexity index is 601. The van der Waals surface area contributed by atoms with E-state index in [1.807, 2.05) is 0 Å². The van der Waals surface area contributed by atoms with Crippen molar-refractivity contribution < 1.29 is 18.3 Å². The molecule has 0 saturated carbocycles. The predicted molar refractivity (Wildman–Crippen MR) is 77.7 cm³/mol. The number of carboxylic acids is 1. The number of sulfonamides is 1.